The first-order valence-electron chi connectivity index (χ1n) is 4.26. The van der Waals surface area contributed by atoms with Gasteiger partial charge in [-0.1, -0.05) is 0 Å². The van der Waals surface area contributed by atoms with E-state index in [0.717, 1.165) is 0 Å². The third-order valence-corrected chi connectivity index (χ3v) is 2.71. The van der Waals surface area contributed by atoms with Gasteiger partial charge in [0.05, 0.1) is 6.10 Å². The quantitative estimate of drug-likeness (QED) is 0.367. The molecule has 6 heteroatoms. The summed E-state index contributed by atoms with van der Waals surface area (Å²) in [4.78, 5) is 21.0. The van der Waals surface area contributed by atoms with E-state index in [1.165, 1.54) is 14.0 Å². The highest BCUT2D eigenvalue weighted by molar-refractivity contribution is 5.59. The average Bonchev–Trinajstić information content (AvgIpc) is 2.38. The van der Waals surface area contributed by atoms with Crippen LogP contribution in [0.5, 0.6) is 0 Å². The Labute approximate surface area is 81.3 Å². The first-order chi connectivity index (χ1) is 6.48. The lowest BCUT2D eigenvalue weighted by Crippen LogP contribution is -2.53. The summed E-state index contributed by atoms with van der Waals surface area (Å²) in [6.45, 7) is 3.02. The SMILES string of the molecule is CO[C@H]1[C@H](C)O[C@@H](C=O)[C@]1(C)[N+](=O)[O-]. The average molecular weight is 203 g/mol. The minimum absolute atomic E-state index is 0.453. The predicted molar refractivity (Wildman–Crippen MR) is 46.6 cm³/mol. The molecule has 0 saturated carbocycles. The molecule has 0 spiro atoms. The highest BCUT2D eigenvalue weighted by Crippen LogP contribution is 2.34. The number of rotatable bonds is 3. The van der Waals surface area contributed by atoms with E-state index in [2.05, 4.69) is 0 Å². The van der Waals surface area contributed by atoms with Gasteiger partial charge in [0, 0.05) is 19.0 Å². The molecule has 1 heterocycles. The number of carbonyl (C=O) groups excluding carboxylic acids is 1. The summed E-state index contributed by atoms with van der Waals surface area (Å²) in [6, 6.07) is 0. The fraction of sp³-hybridized carbons (Fsp3) is 0.875. The molecule has 80 valence electrons. The number of hydrogen-bond acceptors (Lipinski definition) is 5. The Morgan fingerprint density at radius 2 is 2.21 bits per heavy atom. The molecule has 0 radical (unpaired) electrons. The first kappa shape index (κ1) is 11.1. The van der Waals surface area contributed by atoms with E-state index in [1.54, 1.807) is 6.92 Å². The molecular weight excluding hydrogens is 190 g/mol. The van der Waals surface area contributed by atoms with E-state index in [0.29, 0.717) is 6.29 Å². The van der Waals surface area contributed by atoms with E-state index in [9.17, 15) is 14.9 Å². The highest BCUT2D eigenvalue weighted by Gasteiger charge is 2.62. The third-order valence-electron chi connectivity index (χ3n) is 2.71. The molecule has 6 nitrogen and oxygen atoms in total. The van der Waals surface area contributed by atoms with E-state index < -0.39 is 28.8 Å². The molecule has 0 bridgehead atoms. The highest BCUT2D eigenvalue weighted by atomic mass is 16.7. The molecule has 1 rings (SSSR count). The number of hydrogen-bond donors (Lipinski definition) is 0. The molecule has 0 aromatic heterocycles. The van der Waals surface area contributed by atoms with Crippen molar-refractivity contribution in [3.05, 3.63) is 10.1 Å². The van der Waals surface area contributed by atoms with Crippen molar-refractivity contribution in [1.29, 1.82) is 0 Å². The van der Waals surface area contributed by atoms with Crippen molar-refractivity contribution in [2.45, 2.75) is 37.7 Å². The van der Waals surface area contributed by atoms with Crippen LogP contribution in [0.25, 0.3) is 0 Å². The lowest BCUT2D eigenvalue weighted by molar-refractivity contribution is -0.577. The second kappa shape index (κ2) is 3.62. The minimum atomic E-state index is -1.49. The predicted octanol–water partition coefficient (Wildman–Crippen LogP) is 0.0230. The maximum atomic E-state index is 10.9. The molecule has 1 fully saturated rings. The van der Waals surface area contributed by atoms with Crippen molar-refractivity contribution in [2.24, 2.45) is 0 Å². The maximum absolute atomic E-state index is 10.9. The van der Waals surface area contributed by atoms with Crippen molar-refractivity contribution in [3.63, 3.8) is 0 Å². The van der Waals surface area contributed by atoms with Crippen LogP contribution >= 0.6 is 0 Å². The number of ether oxygens (including phenoxy) is 2. The number of aldehydes is 1. The Bertz CT molecular complexity index is 256. The summed E-state index contributed by atoms with van der Waals surface area (Å²) in [5.41, 5.74) is -1.49. The fourth-order valence-electron chi connectivity index (χ4n) is 1.89. The summed E-state index contributed by atoms with van der Waals surface area (Å²) < 4.78 is 10.2. The molecule has 0 aromatic carbocycles. The molecule has 0 amide bonds. The van der Waals surface area contributed by atoms with Crippen LogP contribution in [0.15, 0.2) is 0 Å². The topological polar surface area (TPSA) is 78.7 Å². The Morgan fingerprint density at radius 1 is 1.64 bits per heavy atom. The van der Waals surface area contributed by atoms with Crippen LogP contribution in [-0.4, -0.2) is 42.2 Å². The molecule has 4 atom stereocenters. The van der Waals surface area contributed by atoms with Crippen molar-refractivity contribution in [2.75, 3.05) is 7.11 Å². The number of methoxy groups -OCH3 is 1. The largest absolute Gasteiger partial charge is 0.371 e. The van der Waals surface area contributed by atoms with E-state index in [-0.39, 0.29) is 0 Å². The van der Waals surface area contributed by atoms with Gasteiger partial charge < -0.3 is 14.3 Å². The van der Waals surface area contributed by atoms with Gasteiger partial charge in [0.15, 0.2) is 18.5 Å². The lowest BCUT2D eigenvalue weighted by Gasteiger charge is -2.23. The lowest BCUT2D eigenvalue weighted by atomic mass is 9.90. The van der Waals surface area contributed by atoms with Gasteiger partial charge in [-0.25, -0.2) is 0 Å². The van der Waals surface area contributed by atoms with Crippen molar-refractivity contribution >= 4 is 6.29 Å². The molecule has 14 heavy (non-hydrogen) atoms. The van der Waals surface area contributed by atoms with Crippen LogP contribution < -0.4 is 0 Å². The van der Waals surface area contributed by atoms with E-state index >= 15 is 0 Å². The summed E-state index contributed by atoms with van der Waals surface area (Å²) in [5, 5.41) is 10.9. The zero-order valence-corrected chi connectivity index (χ0v) is 8.30. The van der Waals surface area contributed by atoms with E-state index in [4.69, 9.17) is 9.47 Å². The molecular formula is C8H13NO5. The van der Waals surface area contributed by atoms with Gasteiger partial charge >= 0.3 is 0 Å². The maximum Gasteiger partial charge on any atom is 0.279 e. The van der Waals surface area contributed by atoms with Gasteiger partial charge in [-0.05, 0) is 6.92 Å². The molecule has 1 saturated heterocycles. The number of nitrogens with zero attached hydrogens (tertiary/aromatic N) is 1. The Kier molecular flexibility index (Phi) is 2.86. The second-order valence-electron chi connectivity index (χ2n) is 3.54. The molecule has 0 unspecified atom stereocenters. The van der Waals surface area contributed by atoms with Gasteiger partial charge in [0.25, 0.3) is 5.54 Å². The molecule has 1 aliphatic heterocycles. The van der Waals surface area contributed by atoms with Crippen LogP contribution in [0, 0.1) is 10.1 Å². The molecule has 0 aliphatic carbocycles. The van der Waals surface area contributed by atoms with Gasteiger partial charge in [0.2, 0.25) is 0 Å². The Balaban J connectivity index is 3.07. The van der Waals surface area contributed by atoms with Crippen molar-refractivity contribution in [1.82, 2.24) is 0 Å². The molecule has 0 N–H and O–H groups in total. The van der Waals surface area contributed by atoms with Crippen molar-refractivity contribution < 1.29 is 19.2 Å². The molecule has 1 aliphatic rings. The monoisotopic (exact) mass is 203 g/mol. The Hall–Kier alpha value is -1.01. The second-order valence-corrected chi connectivity index (χ2v) is 3.54. The van der Waals surface area contributed by atoms with Gasteiger partial charge in [-0.2, -0.15) is 0 Å². The summed E-state index contributed by atoms with van der Waals surface area (Å²) in [7, 11) is 1.37. The third kappa shape index (κ3) is 1.31. The van der Waals surface area contributed by atoms with Gasteiger partial charge in [-0.15, -0.1) is 0 Å². The van der Waals surface area contributed by atoms with Crippen LogP contribution in [0.3, 0.4) is 0 Å². The summed E-state index contributed by atoms with van der Waals surface area (Å²) in [5.74, 6) is 0. The molecule has 0 aromatic rings. The minimum Gasteiger partial charge on any atom is -0.371 e. The zero-order valence-electron chi connectivity index (χ0n) is 8.30. The number of nitro groups is 1. The summed E-state index contributed by atoms with van der Waals surface area (Å²) in [6.07, 6.45) is -1.74. The first-order valence-corrected chi connectivity index (χ1v) is 4.26. The van der Waals surface area contributed by atoms with Crippen LogP contribution in [0.4, 0.5) is 0 Å². The van der Waals surface area contributed by atoms with Gasteiger partial charge in [0.1, 0.15) is 0 Å². The van der Waals surface area contributed by atoms with E-state index in [1.807, 2.05) is 0 Å². The summed E-state index contributed by atoms with van der Waals surface area (Å²) >= 11 is 0. The van der Waals surface area contributed by atoms with Crippen molar-refractivity contribution in [3.8, 4) is 0 Å². The van der Waals surface area contributed by atoms with Gasteiger partial charge in [-0.3, -0.25) is 10.1 Å². The standard InChI is InChI=1S/C8H13NO5/c1-5-7(13-3)8(2,9(11)12)6(4-10)14-5/h4-7H,1-3H3/t5-,6-,7-,8-/m0/s1. The van der Waals surface area contributed by atoms with Crippen LogP contribution in [-0.2, 0) is 14.3 Å². The smallest absolute Gasteiger partial charge is 0.279 e. The number of carbonyl (C=O) groups is 1. The fourth-order valence-corrected chi connectivity index (χ4v) is 1.89. The Morgan fingerprint density at radius 3 is 2.57 bits per heavy atom. The normalized spacial score (nSPS) is 42.4. The zero-order chi connectivity index (χ0) is 10.9. The van der Waals surface area contributed by atoms with Crippen LogP contribution in [0.2, 0.25) is 0 Å². The van der Waals surface area contributed by atoms with Crippen LogP contribution in [0.1, 0.15) is 13.8 Å².